The van der Waals surface area contributed by atoms with E-state index in [1.54, 1.807) is 32.2 Å². The average molecular weight is 349 g/mol. The number of benzene rings is 1. The highest BCUT2D eigenvalue weighted by Crippen LogP contribution is 2.29. The number of amides is 1. The minimum absolute atomic E-state index is 0.170. The van der Waals surface area contributed by atoms with E-state index < -0.39 is 0 Å². The summed E-state index contributed by atoms with van der Waals surface area (Å²) in [5, 5.41) is 2.77. The van der Waals surface area contributed by atoms with Crippen LogP contribution >= 0.6 is 12.2 Å². The van der Waals surface area contributed by atoms with Crippen LogP contribution in [0.4, 0.5) is 5.69 Å². The van der Waals surface area contributed by atoms with Crippen molar-refractivity contribution in [1.82, 2.24) is 9.97 Å². The molecule has 0 aliphatic rings. The molecule has 0 spiro atoms. The molecule has 1 aromatic heterocycles. The lowest BCUT2D eigenvalue weighted by Crippen LogP contribution is -2.19. The maximum absolute atomic E-state index is 12.1. The Kier molecular flexibility index (Phi) is 5.75. The normalized spacial score (nSPS) is 10.3. The maximum atomic E-state index is 12.1. The molecule has 2 rings (SSSR count). The lowest BCUT2D eigenvalue weighted by Gasteiger charge is -2.10. The first-order valence-electron chi connectivity index (χ1n) is 7.28. The minimum atomic E-state index is -0.268. The van der Waals surface area contributed by atoms with Gasteiger partial charge in [-0.05, 0) is 37.7 Å². The molecule has 0 fully saturated rings. The summed E-state index contributed by atoms with van der Waals surface area (Å²) in [5.74, 6) is 0.902. The molecule has 1 heterocycles. The van der Waals surface area contributed by atoms with Gasteiger partial charge in [0.05, 0.1) is 14.2 Å². The van der Waals surface area contributed by atoms with Gasteiger partial charge in [0.2, 0.25) is 5.91 Å². The fraction of sp³-hybridized carbons (Fsp3) is 0.312. The van der Waals surface area contributed by atoms with E-state index in [-0.39, 0.29) is 22.7 Å². The van der Waals surface area contributed by atoms with Crippen molar-refractivity contribution in [2.45, 2.75) is 19.8 Å². The van der Waals surface area contributed by atoms with E-state index in [0.29, 0.717) is 34.9 Å². The Morgan fingerprint density at radius 1 is 1.21 bits per heavy atom. The van der Waals surface area contributed by atoms with Crippen LogP contribution in [0.25, 0.3) is 0 Å². The van der Waals surface area contributed by atoms with Crippen molar-refractivity contribution >= 4 is 23.8 Å². The number of H-pyrrole nitrogens is 2. The maximum Gasteiger partial charge on any atom is 0.255 e. The van der Waals surface area contributed by atoms with E-state index in [1.165, 1.54) is 7.11 Å². The first-order valence-corrected chi connectivity index (χ1v) is 7.69. The molecule has 7 nitrogen and oxygen atoms in total. The summed E-state index contributed by atoms with van der Waals surface area (Å²) in [6, 6.07) is 5.10. The Labute approximate surface area is 144 Å². The highest BCUT2D eigenvalue weighted by atomic mass is 32.1. The number of aryl methyl sites for hydroxylation is 1. The number of hydrogen-bond acceptors (Lipinski definition) is 5. The lowest BCUT2D eigenvalue weighted by molar-refractivity contribution is -0.116. The smallest absolute Gasteiger partial charge is 0.255 e. The number of ether oxygens (including phenoxy) is 2. The molecule has 0 radical (unpaired) electrons. The Morgan fingerprint density at radius 3 is 2.54 bits per heavy atom. The van der Waals surface area contributed by atoms with Gasteiger partial charge < -0.3 is 19.8 Å². The van der Waals surface area contributed by atoms with Crippen molar-refractivity contribution in [3.8, 4) is 11.5 Å². The topological polar surface area (TPSA) is 96.2 Å². The molecule has 2 aromatic rings. The molecule has 0 saturated carbocycles. The van der Waals surface area contributed by atoms with Crippen LogP contribution in [0, 0.1) is 11.7 Å². The lowest BCUT2D eigenvalue weighted by atomic mass is 10.1. The van der Waals surface area contributed by atoms with Crippen LogP contribution in [0.15, 0.2) is 23.0 Å². The second kappa shape index (κ2) is 7.78. The van der Waals surface area contributed by atoms with Crippen LogP contribution in [-0.2, 0) is 11.2 Å². The van der Waals surface area contributed by atoms with Gasteiger partial charge in [0, 0.05) is 29.4 Å². The Bertz CT molecular complexity index is 857. The first-order chi connectivity index (χ1) is 11.4. The second-order valence-corrected chi connectivity index (χ2v) is 5.54. The molecule has 1 amide bonds. The van der Waals surface area contributed by atoms with Crippen LogP contribution in [0.2, 0.25) is 0 Å². The molecule has 3 N–H and O–H groups in total. The summed E-state index contributed by atoms with van der Waals surface area (Å²) in [6.45, 7) is 1.76. The van der Waals surface area contributed by atoms with Crippen LogP contribution < -0.4 is 20.3 Å². The SMILES string of the molecule is COc1ccc(NC(=O)CCc2c(C)[nH]c(=S)[nH]c2=O)cc1OC. The van der Waals surface area contributed by atoms with Gasteiger partial charge in [0.25, 0.3) is 5.56 Å². The Morgan fingerprint density at radius 2 is 1.92 bits per heavy atom. The first kappa shape index (κ1) is 17.7. The van der Waals surface area contributed by atoms with E-state index in [9.17, 15) is 9.59 Å². The summed E-state index contributed by atoms with van der Waals surface area (Å²) in [4.78, 5) is 29.4. The van der Waals surface area contributed by atoms with Crippen LogP contribution in [0.5, 0.6) is 11.5 Å². The molecule has 24 heavy (non-hydrogen) atoms. The number of aromatic nitrogens is 2. The molecule has 0 atom stereocenters. The van der Waals surface area contributed by atoms with Gasteiger partial charge in [0.15, 0.2) is 16.3 Å². The van der Waals surface area contributed by atoms with E-state index in [1.807, 2.05) is 0 Å². The molecule has 0 saturated heterocycles. The standard InChI is InChI=1S/C16H19N3O4S/c1-9-11(15(21)19-16(24)17-9)5-7-14(20)18-10-4-6-12(22-2)13(8-10)23-3/h4,6,8H,5,7H2,1-3H3,(H,18,20)(H2,17,19,21,24). The van der Waals surface area contributed by atoms with E-state index >= 15 is 0 Å². The summed E-state index contributed by atoms with van der Waals surface area (Å²) < 4.78 is 10.6. The molecular weight excluding hydrogens is 330 g/mol. The van der Waals surface area contributed by atoms with Gasteiger partial charge in [-0.15, -0.1) is 0 Å². The fourth-order valence-electron chi connectivity index (χ4n) is 2.30. The Hall–Kier alpha value is -2.61. The van der Waals surface area contributed by atoms with Gasteiger partial charge in [0.1, 0.15) is 0 Å². The molecule has 1 aromatic carbocycles. The van der Waals surface area contributed by atoms with Crippen molar-refractivity contribution in [3.63, 3.8) is 0 Å². The number of hydrogen-bond donors (Lipinski definition) is 3. The zero-order chi connectivity index (χ0) is 17.7. The number of anilines is 1. The molecule has 0 unspecified atom stereocenters. The number of methoxy groups -OCH3 is 2. The summed E-state index contributed by atoms with van der Waals surface area (Å²) in [6.07, 6.45) is 0.481. The fourth-order valence-corrected chi connectivity index (χ4v) is 2.55. The van der Waals surface area contributed by atoms with Gasteiger partial charge in [-0.3, -0.25) is 14.6 Å². The number of nitrogens with one attached hydrogen (secondary N) is 3. The molecule has 128 valence electrons. The summed E-state index contributed by atoms with van der Waals surface area (Å²) in [5.41, 5.74) is 1.51. The summed E-state index contributed by atoms with van der Waals surface area (Å²) in [7, 11) is 3.07. The average Bonchev–Trinajstić information content (AvgIpc) is 2.53. The third-order valence-corrected chi connectivity index (χ3v) is 3.73. The number of rotatable bonds is 6. The van der Waals surface area contributed by atoms with Crippen molar-refractivity contribution < 1.29 is 14.3 Å². The molecule has 0 aliphatic carbocycles. The zero-order valence-electron chi connectivity index (χ0n) is 13.7. The molecule has 0 bridgehead atoms. The number of carbonyl (C=O) groups excluding carboxylic acids is 1. The van der Waals surface area contributed by atoms with Gasteiger partial charge in [-0.25, -0.2) is 0 Å². The quantitative estimate of drug-likeness (QED) is 0.696. The van der Waals surface area contributed by atoms with Crippen molar-refractivity contribution in [3.05, 3.63) is 44.6 Å². The number of aromatic amines is 2. The molecular formula is C16H19N3O4S. The monoisotopic (exact) mass is 349 g/mol. The van der Waals surface area contributed by atoms with Crippen LogP contribution in [-0.4, -0.2) is 30.1 Å². The van der Waals surface area contributed by atoms with Crippen LogP contribution in [0.3, 0.4) is 0 Å². The highest BCUT2D eigenvalue weighted by Gasteiger charge is 2.10. The van der Waals surface area contributed by atoms with Crippen molar-refractivity contribution in [2.75, 3.05) is 19.5 Å². The van der Waals surface area contributed by atoms with Crippen molar-refractivity contribution in [2.24, 2.45) is 0 Å². The predicted molar refractivity (Wildman–Crippen MR) is 93.5 cm³/mol. The van der Waals surface area contributed by atoms with E-state index in [4.69, 9.17) is 21.7 Å². The largest absolute Gasteiger partial charge is 0.493 e. The van der Waals surface area contributed by atoms with Gasteiger partial charge >= 0.3 is 0 Å². The molecule has 0 aliphatic heterocycles. The predicted octanol–water partition coefficient (Wildman–Crippen LogP) is 2.33. The zero-order valence-corrected chi connectivity index (χ0v) is 14.5. The van der Waals surface area contributed by atoms with E-state index in [2.05, 4.69) is 15.3 Å². The Balaban J connectivity index is 2.04. The number of carbonyl (C=O) groups is 1. The van der Waals surface area contributed by atoms with E-state index in [0.717, 1.165) is 0 Å². The van der Waals surface area contributed by atoms with Gasteiger partial charge in [-0.2, -0.15) is 0 Å². The van der Waals surface area contributed by atoms with Crippen molar-refractivity contribution in [1.29, 1.82) is 0 Å². The third kappa shape index (κ3) is 4.23. The second-order valence-electron chi connectivity index (χ2n) is 5.13. The van der Waals surface area contributed by atoms with Crippen LogP contribution in [0.1, 0.15) is 17.7 Å². The summed E-state index contributed by atoms with van der Waals surface area (Å²) >= 11 is 4.90. The highest BCUT2D eigenvalue weighted by molar-refractivity contribution is 7.71. The third-order valence-electron chi connectivity index (χ3n) is 3.52. The van der Waals surface area contributed by atoms with Gasteiger partial charge in [-0.1, -0.05) is 0 Å². The molecule has 8 heteroatoms. The minimum Gasteiger partial charge on any atom is -0.493 e.